The van der Waals surface area contributed by atoms with Crippen LogP contribution in [0.3, 0.4) is 0 Å². The molecule has 7 nitrogen and oxygen atoms in total. The molecule has 0 fully saturated rings. The number of hydrogen-bond acceptors (Lipinski definition) is 6. The summed E-state index contributed by atoms with van der Waals surface area (Å²) in [6.07, 6.45) is 0. The van der Waals surface area contributed by atoms with Crippen LogP contribution in [0, 0.1) is 17.0 Å². The molecule has 26 heavy (non-hydrogen) atoms. The van der Waals surface area contributed by atoms with Crippen LogP contribution in [0.5, 0.6) is 0 Å². The van der Waals surface area contributed by atoms with Gasteiger partial charge in [-0.15, -0.1) is 0 Å². The Bertz CT molecular complexity index is 1210. The number of nitrogens with one attached hydrogen (secondary N) is 1. The fourth-order valence-corrected chi connectivity index (χ4v) is 3.64. The van der Waals surface area contributed by atoms with E-state index in [1.165, 1.54) is 30.0 Å². The normalized spacial score (nSPS) is 11.3. The van der Waals surface area contributed by atoms with Crippen molar-refractivity contribution in [1.82, 2.24) is 9.97 Å². The molecule has 8 heteroatoms. The molecule has 0 unspecified atom stereocenters. The van der Waals surface area contributed by atoms with Crippen molar-refractivity contribution in [3.8, 4) is 0 Å². The average Bonchev–Trinajstić information content (AvgIpc) is 3.02. The summed E-state index contributed by atoms with van der Waals surface area (Å²) >= 11 is 1.43. The predicted octanol–water partition coefficient (Wildman–Crippen LogP) is 4.18. The molecular formula is C18H13N3O4S. The maximum atomic E-state index is 11.8. The van der Waals surface area contributed by atoms with Crippen molar-refractivity contribution in [3.63, 3.8) is 0 Å². The molecule has 130 valence electrons. The van der Waals surface area contributed by atoms with E-state index in [1.54, 1.807) is 12.1 Å². The summed E-state index contributed by atoms with van der Waals surface area (Å²) < 4.78 is 5.24. The number of aryl methyl sites for hydroxylation is 1. The lowest BCUT2D eigenvalue weighted by molar-refractivity contribution is -0.384. The molecule has 0 bridgehead atoms. The molecule has 4 aromatic rings. The fourth-order valence-electron chi connectivity index (χ4n) is 2.76. The Hall–Kier alpha value is -3.13. The van der Waals surface area contributed by atoms with Gasteiger partial charge in [0.2, 0.25) is 0 Å². The van der Waals surface area contributed by atoms with Crippen molar-refractivity contribution in [1.29, 1.82) is 0 Å². The highest BCUT2D eigenvalue weighted by molar-refractivity contribution is 7.98. The Balaban J connectivity index is 1.66. The van der Waals surface area contributed by atoms with Gasteiger partial charge in [-0.25, -0.2) is 9.78 Å². The van der Waals surface area contributed by atoms with Gasteiger partial charge in [0.15, 0.2) is 5.16 Å². The van der Waals surface area contributed by atoms with E-state index in [0.717, 1.165) is 16.5 Å². The maximum Gasteiger partial charge on any atom is 0.336 e. The van der Waals surface area contributed by atoms with Crippen LogP contribution >= 0.6 is 11.8 Å². The number of aromatic nitrogens is 2. The number of nitrogens with zero attached hydrogens (tertiary/aromatic N) is 2. The summed E-state index contributed by atoms with van der Waals surface area (Å²) in [6, 6.07) is 11.7. The number of fused-ring (bicyclic) bond motifs is 2. The van der Waals surface area contributed by atoms with E-state index in [4.69, 9.17) is 4.42 Å². The molecule has 0 aliphatic heterocycles. The number of nitro benzene ring substituents is 1. The molecule has 2 aromatic carbocycles. The number of H-pyrrole nitrogens is 1. The van der Waals surface area contributed by atoms with Gasteiger partial charge in [-0.2, -0.15) is 0 Å². The number of aromatic amines is 1. The van der Waals surface area contributed by atoms with E-state index >= 15 is 0 Å². The van der Waals surface area contributed by atoms with E-state index < -0.39 is 10.5 Å². The van der Waals surface area contributed by atoms with Gasteiger partial charge in [-0.05, 0) is 30.7 Å². The van der Waals surface area contributed by atoms with Gasteiger partial charge in [-0.3, -0.25) is 10.1 Å². The molecule has 0 radical (unpaired) electrons. The van der Waals surface area contributed by atoms with E-state index in [-0.39, 0.29) is 5.69 Å². The number of imidazole rings is 1. The molecule has 2 heterocycles. The predicted molar refractivity (Wildman–Crippen MR) is 99.5 cm³/mol. The molecular weight excluding hydrogens is 354 g/mol. The highest BCUT2D eigenvalue weighted by atomic mass is 32.2. The van der Waals surface area contributed by atoms with Crippen LogP contribution in [0.25, 0.3) is 22.0 Å². The third-order valence-corrected chi connectivity index (χ3v) is 4.92. The third kappa shape index (κ3) is 3.06. The molecule has 1 N–H and O–H groups in total. The van der Waals surface area contributed by atoms with Crippen molar-refractivity contribution in [3.05, 3.63) is 74.1 Å². The zero-order chi connectivity index (χ0) is 18.3. The SMILES string of the molecule is Cc1ccc2oc(=O)cc(CSc3nc4ccc([N+](=O)[O-])cc4[nH]3)c2c1. The topological polar surface area (TPSA) is 102 Å². The number of thioether (sulfide) groups is 1. The number of non-ortho nitro benzene ring substituents is 1. The summed E-state index contributed by atoms with van der Waals surface area (Å²) in [5.74, 6) is 0.521. The molecule has 0 aliphatic rings. The zero-order valence-corrected chi connectivity index (χ0v) is 14.5. The monoisotopic (exact) mass is 367 g/mol. The summed E-state index contributed by atoms with van der Waals surface area (Å²) in [7, 11) is 0. The summed E-state index contributed by atoms with van der Waals surface area (Å²) in [4.78, 5) is 29.7. The van der Waals surface area contributed by atoms with Crippen LogP contribution in [0.15, 0.2) is 56.8 Å². The Morgan fingerprint density at radius 2 is 2.08 bits per heavy atom. The van der Waals surface area contributed by atoms with E-state index in [9.17, 15) is 14.9 Å². The first-order valence-electron chi connectivity index (χ1n) is 7.80. The highest BCUT2D eigenvalue weighted by Gasteiger charge is 2.11. The van der Waals surface area contributed by atoms with Crippen molar-refractivity contribution in [2.75, 3.05) is 0 Å². The molecule has 0 amide bonds. The van der Waals surface area contributed by atoms with Crippen molar-refractivity contribution >= 4 is 39.5 Å². The van der Waals surface area contributed by atoms with Crippen LogP contribution in [-0.4, -0.2) is 14.9 Å². The van der Waals surface area contributed by atoms with Gasteiger partial charge >= 0.3 is 5.63 Å². The molecule has 0 spiro atoms. The largest absolute Gasteiger partial charge is 0.423 e. The minimum atomic E-state index is -0.440. The fraction of sp³-hybridized carbons (Fsp3) is 0.111. The highest BCUT2D eigenvalue weighted by Crippen LogP contribution is 2.28. The molecule has 4 rings (SSSR count). The first-order valence-corrected chi connectivity index (χ1v) is 8.78. The second-order valence-electron chi connectivity index (χ2n) is 5.88. The molecule has 0 saturated heterocycles. The molecule has 2 aromatic heterocycles. The van der Waals surface area contributed by atoms with Crippen LogP contribution in [0.4, 0.5) is 5.69 Å². The number of hydrogen-bond donors (Lipinski definition) is 1. The Labute approximate surface area is 151 Å². The number of nitro groups is 1. The Morgan fingerprint density at radius 3 is 2.88 bits per heavy atom. The van der Waals surface area contributed by atoms with Crippen LogP contribution in [0.1, 0.15) is 11.1 Å². The van der Waals surface area contributed by atoms with Crippen LogP contribution in [-0.2, 0) is 5.75 Å². The van der Waals surface area contributed by atoms with Gasteiger partial charge in [0.25, 0.3) is 5.69 Å². The molecule has 0 aliphatic carbocycles. The lowest BCUT2D eigenvalue weighted by Gasteiger charge is -2.05. The number of benzene rings is 2. The van der Waals surface area contributed by atoms with Crippen molar-refractivity contribution in [2.24, 2.45) is 0 Å². The zero-order valence-electron chi connectivity index (χ0n) is 13.7. The third-order valence-electron chi connectivity index (χ3n) is 4.00. The van der Waals surface area contributed by atoms with E-state index in [1.807, 2.05) is 19.1 Å². The summed E-state index contributed by atoms with van der Waals surface area (Å²) in [6.45, 7) is 1.98. The maximum absolute atomic E-state index is 11.8. The van der Waals surface area contributed by atoms with E-state index in [2.05, 4.69) is 9.97 Å². The van der Waals surface area contributed by atoms with Crippen molar-refractivity contribution in [2.45, 2.75) is 17.8 Å². The molecule has 0 atom stereocenters. The van der Waals surface area contributed by atoms with Crippen LogP contribution in [0.2, 0.25) is 0 Å². The molecule has 0 saturated carbocycles. The minimum absolute atomic E-state index is 0.0137. The second kappa shape index (κ2) is 6.30. The lowest BCUT2D eigenvalue weighted by atomic mass is 10.1. The van der Waals surface area contributed by atoms with Gasteiger partial charge in [0, 0.05) is 29.3 Å². The minimum Gasteiger partial charge on any atom is -0.423 e. The second-order valence-corrected chi connectivity index (χ2v) is 6.84. The van der Waals surface area contributed by atoms with E-state index in [0.29, 0.717) is 27.5 Å². The van der Waals surface area contributed by atoms with Gasteiger partial charge < -0.3 is 9.40 Å². The van der Waals surface area contributed by atoms with Crippen LogP contribution < -0.4 is 5.63 Å². The standard InChI is InChI=1S/C18H13N3O4S/c1-10-2-5-16-13(6-10)11(7-17(22)25-16)9-26-18-19-14-4-3-12(21(23)24)8-15(14)20-18/h2-8H,9H2,1H3,(H,19,20). The Morgan fingerprint density at radius 1 is 1.23 bits per heavy atom. The smallest absolute Gasteiger partial charge is 0.336 e. The average molecular weight is 367 g/mol. The van der Waals surface area contributed by atoms with Crippen molar-refractivity contribution < 1.29 is 9.34 Å². The Kier molecular flexibility index (Phi) is 3.96. The lowest BCUT2D eigenvalue weighted by Crippen LogP contribution is -2.00. The first-order chi connectivity index (χ1) is 12.5. The van der Waals surface area contributed by atoms with Gasteiger partial charge in [-0.1, -0.05) is 23.4 Å². The van der Waals surface area contributed by atoms with Gasteiger partial charge in [0.05, 0.1) is 16.0 Å². The summed E-state index contributed by atoms with van der Waals surface area (Å²) in [5, 5.41) is 12.4. The van der Waals surface area contributed by atoms with Gasteiger partial charge in [0.1, 0.15) is 5.58 Å². The summed E-state index contributed by atoms with van der Waals surface area (Å²) in [5.41, 5.74) is 3.38. The number of rotatable bonds is 4. The quantitative estimate of drug-likeness (QED) is 0.251. The first kappa shape index (κ1) is 16.3.